The highest BCUT2D eigenvalue weighted by Crippen LogP contribution is 2.31. The average molecular weight is 441 g/mol. The molecule has 0 radical (unpaired) electrons. The van der Waals surface area contributed by atoms with Gasteiger partial charge in [-0.2, -0.15) is 10.0 Å². The summed E-state index contributed by atoms with van der Waals surface area (Å²) in [6, 6.07) is 16.9. The van der Waals surface area contributed by atoms with Gasteiger partial charge < -0.3 is 10.1 Å². The minimum Gasteiger partial charge on any atom is -0.495 e. The number of methoxy groups -OCH3 is 1. The summed E-state index contributed by atoms with van der Waals surface area (Å²) < 4.78 is 5.22. The van der Waals surface area contributed by atoms with Gasteiger partial charge in [0.05, 0.1) is 35.1 Å². The maximum absolute atomic E-state index is 13.1. The quantitative estimate of drug-likeness (QED) is 0.623. The van der Waals surface area contributed by atoms with E-state index in [1.165, 1.54) is 37.4 Å². The smallest absolute Gasteiger partial charge is 0.281 e. The molecule has 162 valence electrons. The molecule has 2 aliphatic rings. The first-order chi connectivity index (χ1) is 15.9. The number of rotatable bonds is 4. The van der Waals surface area contributed by atoms with Crippen LogP contribution in [-0.2, 0) is 0 Å². The number of carbonyl (C=O) groups is 5. The Hall–Kier alpha value is -4.79. The van der Waals surface area contributed by atoms with Crippen LogP contribution in [0.5, 0.6) is 5.75 Å². The Morgan fingerprint density at radius 3 is 1.82 bits per heavy atom. The van der Waals surface area contributed by atoms with E-state index in [1.807, 2.05) is 0 Å². The molecule has 1 N–H and O–H groups in total. The molecule has 0 spiro atoms. The number of hydrogen-bond donors (Lipinski definition) is 1. The van der Waals surface area contributed by atoms with E-state index in [4.69, 9.17) is 4.74 Å². The Balaban J connectivity index is 1.45. The van der Waals surface area contributed by atoms with Crippen LogP contribution in [0.1, 0.15) is 51.8 Å². The normalized spacial score (nSPS) is 14.5. The molecule has 2 heterocycles. The maximum atomic E-state index is 13.1. The minimum absolute atomic E-state index is 0.00889. The van der Waals surface area contributed by atoms with Gasteiger partial charge in [-0.25, -0.2) is 0 Å². The molecule has 2 aliphatic heterocycles. The highest BCUT2D eigenvalue weighted by Gasteiger charge is 2.48. The van der Waals surface area contributed by atoms with Crippen LogP contribution in [0.3, 0.4) is 0 Å². The highest BCUT2D eigenvalue weighted by molar-refractivity contribution is 6.28. The van der Waals surface area contributed by atoms with E-state index in [-0.39, 0.29) is 27.8 Å². The van der Waals surface area contributed by atoms with E-state index in [0.29, 0.717) is 21.5 Å². The summed E-state index contributed by atoms with van der Waals surface area (Å²) in [4.78, 5) is 64.3. The maximum Gasteiger partial charge on any atom is 0.281 e. The van der Waals surface area contributed by atoms with Crippen molar-refractivity contribution in [2.24, 2.45) is 0 Å². The standard InChI is InChI=1S/C24H15N3O6/c1-33-19-9-5-4-8-18(19)25-20(28)13-10-11-16-17(12-13)24(32)27(23(16)31)26-21(29)14-6-2-3-7-15(14)22(26)30/h2-12H,1H3,(H,25,28). The second-order valence-electron chi connectivity index (χ2n) is 7.30. The van der Waals surface area contributed by atoms with E-state index in [0.717, 1.165) is 0 Å². The molecule has 0 atom stereocenters. The molecule has 0 saturated heterocycles. The number of ether oxygens (including phenoxy) is 1. The van der Waals surface area contributed by atoms with E-state index in [9.17, 15) is 24.0 Å². The minimum atomic E-state index is -0.864. The average Bonchev–Trinajstić information content (AvgIpc) is 3.23. The van der Waals surface area contributed by atoms with Crippen LogP contribution in [0.2, 0.25) is 0 Å². The van der Waals surface area contributed by atoms with Crippen molar-refractivity contribution in [3.63, 3.8) is 0 Å². The summed E-state index contributed by atoms with van der Waals surface area (Å²) in [6.45, 7) is 0. The van der Waals surface area contributed by atoms with Crippen LogP contribution in [0.4, 0.5) is 5.69 Å². The van der Waals surface area contributed by atoms with Gasteiger partial charge in [-0.15, -0.1) is 0 Å². The lowest BCUT2D eigenvalue weighted by Gasteiger charge is -2.23. The number of nitrogens with zero attached hydrogens (tertiary/aromatic N) is 2. The number of nitrogens with one attached hydrogen (secondary N) is 1. The van der Waals surface area contributed by atoms with Gasteiger partial charge in [-0.3, -0.25) is 24.0 Å². The van der Waals surface area contributed by atoms with Crippen molar-refractivity contribution >= 4 is 35.2 Å². The SMILES string of the molecule is COc1ccccc1NC(=O)c1ccc2c(c1)C(=O)N(N1C(=O)c3ccccc3C1=O)C2=O. The number of amides is 5. The predicted octanol–water partition coefficient (Wildman–Crippen LogP) is 2.75. The number of fused-ring (bicyclic) bond motifs is 2. The molecule has 9 nitrogen and oxygen atoms in total. The van der Waals surface area contributed by atoms with E-state index in [2.05, 4.69) is 5.32 Å². The van der Waals surface area contributed by atoms with Crippen LogP contribution in [-0.4, -0.2) is 46.7 Å². The van der Waals surface area contributed by atoms with Gasteiger partial charge in [0.1, 0.15) is 5.75 Å². The van der Waals surface area contributed by atoms with Crippen molar-refractivity contribution in [3.05, 3.63) is 94.5 Å². The number of hydrazine groups is 1. The summed E-state index contributed by atoms with van der Waals surface area (Å²) in [5.74, 6) is -3.28. The van der Waals surface area contributed by atoms with Gasteiger partial charge in [0.15, 0.2) is 0 Å². The molecule has 5 amide bonds. The highest BCUT2D eigenvalue weighted by atomic mass is 16.5. The first-order valence-corrected chi connectivity index (χ1v) is 9.87. The van der Waals surface area contributed by atoms with Crippen molar-refractivity contribution in [3.8, 4) is 5.75 Å². The third-order valence-corrected chi connectivity index (χ3v) is 5.46. The van der Waals surface area contributed by atoms with Crippen molar-refractivity contribution < 1.29 is 28.7 Å². The second-order valence-corrected chi connectivity index (χ2v) is 7.30. The Morgan fingerprint density at radius 2 is 1.21 bits per heavy atom. The Bertz CT molecular complexity index is 1360. The first-order valence-electron chi connectivity index (χ1n) is 9.87. The molecule has 0 bridgehead atoms. The predicted molar refractivity (Wildman–Crippen MR) is 115 cm³/mol. The Kier molecular flexibility index (Phi) is 4.52. The van der Waals surface area contributed by atoms with E-state index >= 15 is 0 Å². The van der Waals surface area contributed by atoms with Gasteiger partial charge in [0.25, 0.3) is 29.5 Å². The molecule has 5 rings (SSSR count). The molecular weight excluding hydrogens is 426 g/mol. The van der Waals surface area contributed by atoms with Crippen LogP contribution >= 0.6 is 0 Å². The van der Waals surface area contributed by atoms with Crippen LogP contribution < -0.4 is 10.1 Å². The van der Waals surface area contributed by atoms with Crippen molar-refractivity contribution in [2.45, 2.75) is 0 Å². The van der Waals surface area contributed by atoms with E-state index < -0.39 is 29.5 Å². The zero-order valence-corrected chi connectivity index (χ0v) is 17.2. The number of para-hydroxylation sites is 2. The molecule has 0 unspecified atom stereocenters. The van der Waals surface area contributed by atoms with Gasteiger partial charge in [-0.05, 0) is 42.5 Å². The molecule has 3 aromatic carbocycles. The fourth-order valence-corrected chi connectivity index (χ4v) is 3.85. The number of anilines is 1. The topological polar surface area (TPSA) is 113 Å². The van der Waals surface area contributed by atoms with Crippen LogP contribution in [0.15, 0.2) is 66.7 Å². The Labute approximate surface area is 187 Å². The third kappa shape index (κ3) is 2.98. The third-order valence-electron chi connectivity index (χ3n) is 5.46. The lowest BCUT2D eigenvalue weighted by atomic mass is 10.1. The number of imide groups is 2. The second kappa shape index (κ2) is 7.41. The van der Waals surface area contributed by atoms with Crippen LogP contribution in [0.25, 0.3) is 0 Å². The molecular formula is C24H15N3O6. The number of carbonyl (C=O) groups excluding carboxylic acids is 5. The molecule has 33 heavy (non-hydrogen) atoms. The van der Waals surface area contributed by atoms with E-state index in [1.54, 1.807) is 36.4 Å². The fraction of sp³-hybridized carbons (Fsp3) is 0.0417. The zero-order chi connectivity index (χ0) is 23.3. The first kappa shape index (κ1) is 20.1. The van der Waals surface area contributed by atoms with Gasteiger partial charge in [0, 0.05) is 5.56 Å². The summed E-state index contributed by atoms with van der Waals surface area (Å²) in [5.41, 5.74) is 0.673. The summed E-state index contributed by atoms with van der Waals surface area (Å²) >= 11 is 0. The van der Waals surface area contributed by atoms with Crippen LogP contribution in [0, 0.1) is 0 Å². The molecule has 0 fully saturated rings. The molecule has 9 heteroatoms. The molecule has 0 saturated carbocycles. The van der Waals surface area contributed by atoms with Gasteiger partial charge >= 0.3 is 0 Å². The summed E-state index contributed by atoms with van der Waals surface area (Å²) in [5, 5.41) is 3.77. The summed E-state index contributed by atoms with van der Waals surface area (Å²) in [7, 11) is 1.47. The van der Waals surface area contributed by atoms with Gasteiger partial charge in [0.2, 0.25) is 0 Å². The summed E-state index contributed by atoms with van der Waals surface area (Å²) in [6.07, 6.45) is 0. The molecule has 3 aromatic rings. The fourth-order valence-electron chi connectivity index (χ4n) is 3.85. The lowest BCUT2D eigenvalue weighted by molar-refractivity contribution is 0.00845. The zero-order valence-electron chi connectivity index (χ0n) is 17.2. The number of benzene rings is 3. The largest absolute Gasteiger partial charge is 0.495 e. The Morgan fingerprint density at radius 1 is 0.697 bits per heavy atom. The monoisotopic (exact) mass is 441 g/mol. The van der Waals surface area contributed by atoms with Gasteiger partial charge in [-0.1, -0.05) is 24.3 Å². The lowest BCUT2D eigenvalue weighted by Crippen LogP contribution is -2.49. The van der Waals surface area contributed by atoms with Crippen molar-refractivity contribution in [2.75, 3.05) is 12.4 Å². The van der Waals surface area contributed by atoms with Crippen molar-refractivity contribution in [1.82, 2.24) is 10.0 Å². The molecule has 0 aliphatic carbocycles. The molecule has 0 aromatic heterocycles. The van der Waals surface area contributed by atoms with Crippen molar-refractivity contribution in [1.29, 1.82) is 0 Å². The number of hydrogen-bond acceptors (Lipinski definition) is 6.